The molecule has 60 valence electrons. The van der Waals surface area contributed by atoms with E-state index in [0.29, 0.717) is 19.6 Å². The standard InChI is InChI=1S/C6H12F2N2/c7-6(8)5-3-10(4-5)2-1-9/h5-6H,1-4,9H2. The molecule has 1 heterocycles. The molecule has 0 spiro atoms. The second kappa shape index (κ2) is 3.25. The van der Waals surface area contributed by atoms with Gasteiger partial charge in [0.05, 0.1) is 0 Å². The van der Waals surface area contributed by atoms with Crippen LogP contribution in [-0.4, -0.2) is 37.5 Å². The number of alkyl halides is 2. The number of nitrogens with zero attached hydrogens (tertiary/aromatic N) is 1. The van der Waals surface area contributed by atoms with E-state index in [9.17, 15) is 8.78 Å². The smallest absolute Gasteiger partial charge is 0.243 e. The molecule has 0 amide bonds. The van der Waals surface area contributed by atoms with Crippen molar-refractivity contribution >= 4 is 0 Å². The van der Waals surface area contributed by atoms with Crippen LogP contribution in [0, 0.1) is 5.92 Å². The highest BCUT2D eigenvalue weighted by Gasteiger charge is 2.32. The van der Waals surface area contributed by atoms with Crippen LogP contribution in [0.25, 0.3) is 0 Å². The van der Waals surface area contributed by atoms with Crippen LogP contribution < -0.4 is 5.73 Å². The SMILES string of the molecule is NCCN1CC(C(F)F)C1. The van der Waals surface area contributed by atoms with Gasteiger partial charge in [0, 0.05) is 32.1 Å². The number of hydrogen-bond acceptors (Lipinski definition) is 2. The summed E-state index contributed by atoms with van der Waals surface area (Å²) < 4.78 is 23.7. The van der Waals surface area contributed by atoms with Crippen LogP contribution in [0.2, 0.25) is 0 Å². The fraction of sp³-hybridized carbons (Fsp3) is 1.00. The average molecular weight is 150 g/mol. The summed E-state index contributed by atoms with van der Waals surface area (Å²) >= 11 is 0. The molecule has 4 heteroatoms. The molecule has 2 nitrogen and oxygen atoms in total. The molecule has 0 aromatic heterocycles. The van der Waals surface area contributed by atoms with E-state index in [1.54, 1.807) is 0 Å². The molecule has 0 atom stereocenters. The first-order chi connectivity index (χ1) is 4.74. The summed E-state index contributed by atoms with van der Waals surface area (Å²) in [4.78, 5) is 1.94. The number of likely N-dealkylation sites (tertiary alicyclic amines) is 1. The van der Waals surface area contributed by atoms with Crippen LogP contribution in [0.1, 0.15) is 0 Å². The third-order valence-electron chi connectivity index (χ3n) is 1.79. The van der Waals surface area contributed by atoms with E-state index in [2.05, 4.69) is 0 Å². The maximum atomic E-state index is 11.8. The first-order valence-corrected chi connectivity index (χ1v) is 3.44. The lowest BCUT2D eigenvalue weighted by molar-refractivity contribution is -0.0224. The van der Waals surface area contributed by atoms with Gasteiger partial charge in [-0.2, -0.15) is 0 Å². The molecule has 0 radical (unpaired) electrons. The maximum absolute atomic E-state index is 11.8. The molecule has 0 unspecified atom stereocenters. The normalized spacial score (nSPS) is 21.6. The summed E-state index contributed by atoms with van der Waals surface area (Å²) in [5.41, 5.74) is 5.23. The predicted molar refractivity (Wildman–Crippen MR) is 35.0 cm³/mol. The van der Waals surface area contributed by atoms with Crippen molar-refractivity contribution in [3.63, 3.8) is 0 Å². The van der Waals surface area contributed by atoms with E-state index >= 15 is 0 Å². The fourth-order valence-electron chi connectivity index (χ4n) is 1.13. The molecule has 0 aromatic carbocycles. The topological polar surface area (TPSA) is 29.3 Å². The average Bonchev–Trinajstić information content (AvgIpc) is 1.76. The molecule has 1 rings (SSSR count). The van der Waals surface area contributed by atoms with Crippen molar-refractivity contribution in [2.45, 2.75) is 6.43 Å². The molecule has 1 saturated heterocycles. The van der Waals surface area contributed by atoms with Gasteiger partial charge in [0.2, 0.25) is 6.43 Å². The maximum Gasteiger partial charge on any atom is 0.243 e. The van der Waals surface area contributed by atoms with Crippen LogP contribution in [0.5, 0.6) is 0 Å². The Hall–Kier alpha value is -0.220. The minimum absolute atomic E-state index is 0.397. The highest BCUT2D eigenvalue weighted by Crippen LogP contribution is 2.21. The zero-order valence-electron chi connectivity index (χ0n) is 5.76. The number of hydrogen-bond donors (Lipinski definition) is 1. The Kier molecular flexibility index (Phi) is 2.56. The Morgan fingerprint density at radius 3 is 2.50 bits per heavy atom. The van der Waals surface area contributed by atoms with E-state index < -0.39 is 12.3 Å². The van der Waals surface area contributed by atoms with Crippen molar-refractivity contribution in [2.75, 3.05) is 26.2 Å². The van der Waals surface area contributed by atoms with E-state index in [1.807, 2.05) is 4.90 Å². The number of rotatable bonds is 3. The molecule has 1 aliphatic rings. The summed E-state index contributed by atoms with van der Waals surface area (Å²) in [6.07, 6.45) is -2.14. The second-order valence-corrected chi connectivity index (χ2v) is 2.64. The van der Waals surface area contributed by atoms with Gasteiger partial charge in [-0.15, -0.1) is 0 Å². The predicted octanol–water partition coefficient (Wildman–Crippen LogP) is 0.142. The van der Waals surface area contributed by atoms with Gasteiger partial charge < -0.3 is 10.6 Å². The van der Waals surface area contributed by atoms with E-state index in [-0.39, 0.29) is 0 Å². The summed E-state index contributed by atoms with van der Waals surface area (Å²) in [6.45, 7) is 2.36. The highest BCUT2D eigenvalue weighted by atomic mass is 19.3. The molecule has 0 saturated carbocycles. The summed E-state index contributed by atoms with van der Waals surface area (Å²) in [5.74, 6) is -0.397. The van der Waals surface area contributed by atoms with Gasteiger partial charge >= 0.3 is 0 Å². The minimum atomic E-state index is -2.14. The van der Waals surface area contributed by atoms with Crippen LogP contribution in [0.15, 0.2) is 0 Å². The fourth-order valence-corrected chi connectivity index (χ4v) is 1.13. The lowest BCUT2D eigenvalue weighted by atomic mass is 10.0. The Morgan fingerprint density at radius 1 is 1.50 bits per heavy atom. The second-order valence-electron chi connectivity index (χ2n) is 2.64. The molecular formula is C6H12F2N2. The third-order valence-corrected chi connectivity index (χ3v) is 1.79. The minimum Gasteiger partial charge on any atom is -0.329 e. The largest absolute Gasteiger partial charge is 0.329 e. The molecule has 1 aliphatic heterocycles. The Labute approximate surface area is 59.0 Å². The lowest BCUT2D eigenvalue weighted by Crippen LogP contribution is -2.51. The molecule has 2 N–H and O–H groups in total. The first-order valence-electron chi connectivity index (χ1n) is 3.44. The number of nitrogens with two attached hydrogens (primary N) is 1. The van der Waals surface area contributed by atoms with Gasteiger partial charge in [-0.25, -0.2) is 8.78 Å². The Bertz CT molecular complexity index is 102. The van der Waals surface area contributed by atoms with E-state index in [1.165, 1.54) is 0 Å². The van der Waals surface area contributed by atoms with E-state index in [4.69, 9.17) is 5.73 Å². The molecule has 0 aliphatic carbocycles. The third kappa shape index (κ3) is 1.64. The van der Waals surface area contributed by atoms with Crippen molar-refractivity contribution in [3.05, 3.63) is 0 Å². The van der Waals surface area contributed by atoms with Gasteiger partial charge in [-0.1, -0.05) is 0 Å². The van der Waals surface area contributed by atoms with Gasteiger partial charge in [0.25, 0.3) is 0 Å². The summed E-state index contributed by atoms with van der Waals surface area (Å²) in [7, 11) is 0. The molecule has 0 bridgehead atoms. The first kappa shape index (κ1) is 7.88. The van der Waals surface area contributed by atoms with Crippen LogP contribution in [0.3, 0.4) is 0 Å². The Morgan fingerprint density at radius 2 is 2.10 bits per heavy atom. The molecule has 10 heavy (non-hydrogen) atoms. The van der Waals surface area contributed by atoms with Crippen molar-refractivity contribution in [1.82, 2.24) is 4.90 Å². The summed E-state index contributed by atoms with van der Waals surface area (Å²) in [6, 6.07) is 0. The van der Waals surface area contributed by atoms with Gasteiger partial charge in [-0.3, -0.25) is 0 Å². The van der Waals surface area contributed by atoms with Gasteiger partial charge in [0.15, 0.2) is 0 Å². The molecule has 0 aromatic rings. The molecular weight excluding hydrogens is 138 g/mol. The van der Waals surface area contributed by atoms with Crippen molar-refractivity contribution in [2.24, 2.45) is 11.7 Å². The van der Waals surface area contributed by atoms with Crippen molar-refractivity contribution in [1.29, 1.82) is 0 Å². The quantitative estimate of drug-likeness (QED) is 0.620. The monoisotopic (exact) mass is 150 g/mol. The van der Waals surface area contributed by atoms with Crippen molar-refractivity contribution < 1.29 is 8.78 Å². The van der Waals surface area contributed by atoms with Gasteiger partial charge in [0.1, 0.15) is 0 Å². The molecule has 1 fully saturated rings. The van der Waals surface area contributed by atoms with Gasteiger partial charge in [-0.05, 0) is 0 Å². The highest BCUT2D eigenvalue weighted by molar-refractivity contribution is 4.81. The van der Waals surface area contributed by atoms with Crippen LogP contribution in [-0.2, 0) is 0 Å². The summed E-state index contributed by atoms with van der Waals surface area (Å²) in [5, 5.41) is 0. The Balaban J connectivity index is 2.06. The van der Waals surface area contributed by atoms with E-state index in [0.717, 1.165) is 6.54 Å². The zero-order chi connectivity index (χ0) is 7.56. The van der Waals surface area contributed by atoms with Crippen molar-refractivity contribution in [3.8, 4) is 0 Å². The number of halogens is 2. The van der Waals surface area contributed by atoms with Crippen LogP contribution >= 0.6 is 0 Å². The lowest BCUT2D eigenvalue weighted by Gasteiger charge is -2.38. The zero-order valence-corrected chi connectivity index (χ0v) is 5.76. The van der Waals surface area contributed by atoms with Crippen LogP contribution in [0.4, 0.5) is 8.78 Å².